The van der Waals surface area contributed by atoms with Crippen LogP contribution in [-0.2, 0) is 17.8 Å². The van der Waals surface area contributed by atoms with Crippen LogP contribution in [0.15, 0.2) is 48.5 Å². The first-order valence-corrected chi connectivity index (χ1v) is 8.26. The molecule has 1 N–H and O–H groups in total. The highest BCUT2D eigenvalue weighted by Crippen LogP contribution is 2.18. The monoisotopic (exact) mass is 322 g/mol. The van der Waals surface area contributed by atoms with Crippen LogP contribution in [0.2, 0.25) is 0 Å². The summed E-state index contributed by atoms with van der Waals surface area (Å²) in [5.41, 5.74) is 4.41. The summed E-state index contributed by atoms with van der Waals surface area (Å²) in [4.78, 5) is 26.1. The van der Waals surface area contributed by atoms with Gasteiger partial charge in [0.1, 0.15) is 6.04 Å². The van der Waals surface area contributed by atoms with E-state index in [1.54, 1.807) is 0 Å². The molecule has 1 saturated heterocycles. The molecule has 124 valence electrons. The molecule has 2 aromatic carbocycles. The van der Waals surface area contributed by atoms with Gasteiger partial charge in [0, 0.05) is 0 Å². The number of benzene rings is 2. The molecule has 0 unspecified atom stereocenters. The van der Waals surface area contributed by atoms with Gasteiger partial charge in [-0.25, -0.2) is 4.79 Å². The molecule has 0 radical (unpaired) electrons. The third-order valence-corrected chi connectivity index (χ3v) is 4.50. The van der Waals surface area contributed by atoms with Gasteiger partial charge in [0.15, 0.2) is 0 Å². The summed E-state index contributed by atoms with van der Waals surface area (Å²) in [5.74, 6) is -0.128. The molecule has 3 rings (SSSR count). The fourth-order valence-electron chi connectivity index (χ4n) is 3.02. The lowest BCUT2D eigenvalue weighted by molar-refractivity contribution is -0.128. The SMILES string of the molecule is Cc1ccc(C)c(CN2C(=O)N[C@H](CCc3ccccc3)C2=O)c1. The Morgan fingerprint density at radius 1 is 1.04 bits per heavy atom. The van der Waals surface area contributed by atoms with Crippen LogP contribution in [0, 0.1) is 13.8 Å². The van der Waals surface area contributed by atoms with E-state index in [2.05, 4.69) is 5.32 Å². The molecule has 1 aliphatic rings. The number of imide groups is 1. The fourth-order valence-corrected chi connectivity index (χ4v) is 3.02. The Kier molecular flexibility index (Phi) is 4.65. The van der Waals surface area contributed by atoms with Crippen molar-refractivity contribution in [3.63, 3.8) is 0 Å². The Labute approximate surface area is 142 Å². The summed E-state index contributed by atoms with van der Waals surface area (Å²) >= 11 is 0. The van der Waals surface area contributed by atoms with E-state index < -0.39 is 6.04 Å². The highest BCUT2D eigenvalue weighted by Gasteiger charge is 2.37. The van der Waals surface area contributed by atoms with Crippen LogP contribution in [0.5, 0.6) is 0 Å². The molecular weight excluding hydrogens is 300 g/mol. The number of nitrogens with zero attached hydrogens (tertiary/aromatic N) is 1. The van der Waals surface area contributed by atoms with Gasteiger partial charge in [-0.05, 0) is 43.4 Å². The van der Waals surface area contributed by atoms with Crippen LogP contribution < -0.4 is 5.32 Å². The second-order valence-corrected chi connectivity index (χ2v) is 6.38. The first-order chi connectivity index (χ1) is 11.5. The van der Waals surface area contributed by atoms with Crippen LogP contribution in [0.3, 0.4) is 0 Å². The third-order valence-electron chi connectivity index (χ3n) is 4.50. The van der Waals surface area contributed by atoms with Crippen molar-refractivity contribution in [1.82, 2.24) is 10.2 Å². The number of hydrogen-bond donors (Lipinski definition) is 1. The molecule has 24 heavy (non-hydrogen) atoms. The first-order valence-electron chi connectivity index (χ1n) is 8.26. The van der Waals surface area contributed by atoms with Gasteiger partial charge < -0.3 is 5.32 Å². The number of urea groups is 1. The standard InChI is InChI=1S/C20H22N2O2/c1-14-8-9-15(2)17(12-14)13-22-19(23)18(21-20(22)24)11-10-16-6-4-3-5-7-16/h3-9,12,18H,10-11,13H2,1-2H3,(H,21,24)/t18-/m1/s1. The van der Waals surface area contributed by atoms with Crippen LogP contribution in [0.25, 0.3) is 0 Å². The lowest BCUT2D eigenvalue weighted by Crippen LogP contribution is -2.31. The maximum absolute atomic E-state index is 12.6. The van der Waals surface area contributed by atoms with Crippen molar-refractivity contribution >= 4 is 11.9 Å². The summed E-state index contributed by atoms with van der Waals surface area (Å²) in [6.07, 6.45) is 1.40. The van der Waals surface area contributed by atoms with E-state index in [1.165, 1.54) is 10.5 Å². The molecule has 0 aromatic heterocycles. The van der Waals surface area contributed by atoms with E-state index in [9.17, 15) is 9.59 Å². The van der Waals surface area contributed by atoms with Gasteiger partial charge in [-0.2, -0.15) is 0 Å². The molecule has 2 aromatic rings. The molecule has 0 aliphatic carbocycles. The molecule has 4 nitrogen and oxygen atoms in total. The molecule has 1 atom stereocenters. The Bertz CT molecular complexity index is 755. The lowest BCUT2D eigenvalue weighted by atomic mass is 10.0. The zero-order valence-corrected chi connectivity index (χ0v) is 14.1. The van der Waals surface area contributed by atoms with Crippen molar-refractivity contribution in [3.8, 4) is 0 Å². The van der Waals surface area contributed by atoms with Crippen LogP contribution in [0.4, 0.5) is 4.79 Å². The smallest absolute Gasteiger partial charge is 0.325 e. The third kappa shape index (κ3) is 3.48. The molecule has 4 heteroatoms. The van der Waals surface area contributed by atoms with Crippen molar-refractivity contribution in [3.05, 3.63) is 70.8 Å². The Morgan fingerprint density at radius 3 is 2.54 bits per heavy atom. The highest BCUT2D eigenvalue weighted by atomic mass is 16.2. The lowest BCUT2D eigenvalue weighted by Gasteiger charge is -2.15. The number of carbonyl (C=O) groups excluding carboxylic acids is 2. The predicted octanol–water partition coefficient (Wildman–Crippen LogP) is 3.36. The zero-order valence-electron chi connectivity index (χ0n) is 14.1. The number of carbonyl (C=O) groups is 2. The number of hydrogen-bond acceptors (Lipinski definition) is 2. The van der Waals surface area contributed by atoms with Crippen molar-refractivity contribution in [2.75, 3.05) is 0 Å². The quantitative estimate of drug-likeness (QED) is 0.858. The minimum absolute atomic E-state index is 0.128. The Morgan fingerprint density at radius 2 is 1.79 bits per heavy atom. The topological polar surface area (TPSA) is 49.4 Å². The van der Waals surface area contributed by atoms with Gasteiger partial charge in [-0.3, -0.25) is 9.69 Å². The van der Waals surface area contributed by atoms with Crippen molar-refractivity contribution < 1.29 is 9.59 Å². The summed E-state index contributed by atoms with van der Waals surface area (Å²) in [5, 5.41) is 2.82. The zero-order chi connectivity index (χ0) is 17.1. The number of aryl methyl sites for hydroxylation is 3. The van der Waals surface area contributed by atoms with E-state index in [0.717, 1.165) is 23.1 Å². The van der Waals surface area contributed by atoms with E-state index in [0.29, 0.717) is 13.0 Å². The van der Waals surface area contributed by atoms with Gasteiger partial charge in [-0.1, -0.05) is 54.1 Å². The maximum atomic E-state index is 12.6. The maximum Gasteiger partial charge on any atom is 0.325 e. The molecule has 0 bridgehead atoms. The van der Waals surface area contributed by atoms with Crippen molar-refractivity contribution in [1.29, 1.82) is 0 Å². The number of rotatable bonds is 5. The Balaban J connectivity index is 1.66. The summed E-state index contributed by atoms with van der Waals surface area (Å²) in [6, 6.07) is 15.4. The van der Waals surface area contributed by atoms with Crippen LogP contribution in [0.1, 0.15) is 28.7 Å². The molecule has 1 aliphatic heterocycles. The van der Waals surface area contributed by atoms with E-state index in [1.807, 2.05) is 62.4 Å². The number of nitrogens with one attached hydrogen (secondary N) is 1. The summed E-state index contributed by atoms with van der Waals surface area (Å²) in [7, 11) is 0. The minimum atomic E-state index is -0.428. The van der Waals surface area contributed by atoms with Crippen LogP contribution in [-0.4, -0.2) is 22.9 Å². The van der Waals surface area contributed by atoms with E-state index in [4.69, 9.17) is 0 Å². The van der Waals surface area contributed by atoms with Gasteiger partial charge in [0.2, 0.25) is 0 Å². The minimum Gasteiger partial charge on any atom is -0.326 e. The average molecular weight is 322 g/mol. The van der Waals surface area contributed by atoms with Gasteiger partial charge >= 0.3 is 6.03 Å². The predicted molar refractivity (Wildman–Crippen MR) is 93.5 cm³/mol. The normalized spacial score (nSPS) is 17.2. The molecule has 0 spiro atoms. The van der Waals surface area contributed by atoms with Crippen molar-refractivity contribution in [2.45, 2.75) is 39.3 Å². The first kappa shape index (κ1) is 16.2. The van der Waals surface area contributed by atoms with Crippen LogP contribution >= 0.6 is 0 Å². The molecular formula is C20H22N2O2. The van der Waals surface area contributed by atoms with Gasteiger partial charge in [0.05, 0.1) is 6.54 Å². The summed E-state index contributed by atoms with van der Waals surface area (Å²) in [6.45, 7) is 4.34. The second-order valence-electron chi connectivity index (χ2n) is 6.38. The molecule has 0 saturated carbocycles. The van der Waals surface area contributed by atoms with E-state index in [-0.39, 0.29) is 11.9 Å². The van der Waals surface area contributed by atoms with Gasteiger partial charge in [0.25, 0.3) is 5.91 Å². The number of amides is 3. The Hall–Kier alpha value is -2.62. The van der Waals surface area contributed by atoms with Gasteiger partial charge in [-0.15, -0.1) is 0 Å². The average Bonchev–Trinajstić information content (AvgIpc) is 2.85. The summed E-state index contributed by atoms with van der Waals surface area (Å²) < 4.78 is 0. The molecule has 1 fully saturated rings. The largest absolute Gasteiger partial charge is 0.326 e. The fraction of sp³-hybridized carbons (Fsp3) is 0.300. The molecule has 3 amide bonds. The second kappa shape index (κ2) is 6.87. The molecule has 1 heterocycles. The highest BCUT2D eigenvalue weighted by molar-refractivity contribution is 6.04. The van der Waals surface area contributed by atoms with Crippen molar-refractivity contribution in [2.24, 2.45) is 0 Å². The van der Waals surface area contributed by atoms with E-state index >= 15 is 0 Å².